The van der Waals surface area contributed by atoms with Crippen LogP contribution in [0.2, 0.25) is 0 Å². The summed E-state index contributed by atoms with van der Waals surface area (Å²) in [4.78, 5) is 14.1. The van der Waals surface area contributed by atoms with Gasteiger partial charge in [-0.2, -0.15) is 0 Å². The van der Waals surface area contributed by atoms with Crippen molar-refractivity contribution in [2.45, 2.75) is 33.4 Å². The van der Waals surface area contributed by atoms with Gasteiger partial charge in [-0.1, -0.05) is 12.1 Å². The lowest BCUT2D eigenvalue weighted by atomic mass is 10.1. The number of carbonyl (C=O) groups excluding carboxylic acids is 1. The summed E-state index contributed by atoms with van der Waals surface area (Å²) in [6, 6.07) is 10.1. The van der Waals surface area contributed by atoms with Crippen molar-refractivity contribution < 1.29 is 9.53 Å². The molecule has 21 heavy (non-hydrogen) atoms. The van der Waals surface area contributed by atoms with Gasteiger partial charge >= 0.3 is 5.97 Å². The molecule has 0 spiro atoms. The van der Waals surface area contributed by atoms with Crippen LogP contribution in [0.15, 0.2) is 30.3 Å². The Balaban J connectivity index is 1.96. The second kappa shape index (κ2) is 6.87. The molecule has 0 saturated carbocycles. The molecule has 4 heteroatoms. The van der Waals surface area contributed by atoms with E-state index in [0.717, 1.165) is 12.1 Å². The first-order valence-corrected chi connectivity index (χ1v) is 7.80. The van der Waals surface area contributed by atoms with Gasteiger partial charge in [0.2, 0.25) is 0 Å². The highest BCUT2D eigenvalue weighted by Crippen LogP contribution is 2.26. The van der Waals surface area contributed by atoms with E-state index in [1.807, 2.05) is 23.5 Å². The van der Waals surface area contributed by atoms with E-state index in [2.05, 4.69) is 32.2 Å². The molecule has 2 aromatic rings. The predicted molar refractivity (Wildman–Crippen MR) is 86.8 cm³/mol. The second-order valence-electron chi connectivity index (χ2n) is 5.16. The summed E-state index contributed by atoms with van der Waals surface area (Å²) < 4.78 is 4.69. The Morgan fingerprint density at radius 3 is 2.48 bits per heavy atom. The second-order valence-corrected chi connectivity index (χ2v) is 6.62. The summed E-state index contributed by atoms with van der Waals surface area (Å²) >= 11 is 1.84. The molecule has 1 N–H and O–H groups in total. The van der Waals surface area contributed by atoms with Gasteiger partial charge in [-0.15, -0.1) is 11.3 Å². The fraction of sp³-hybridized carbons (Fsp3) is 0.353. The van der Waals surface area contributed by atoms with Crippen molar-refractivity contribution >= 4 is 17.3 Å². The van der Waals surface area contributed by atoms with Crippen molar-refractivity contribution in [3.05, 3.63) is 56.8 Å². The molecule has 0 amide bonds. The van der Waals surface area contributed by atoms with Gasteiger partial charge in [0.15, 0.2) is 0 Å². The molecule has 1 atom stereocenters. The number of ether oxygens (including phenoxy) is 1. The Labute approximate surface area is 130 Å². The third-order valence-electron chi connectivity index (χ3n) is 3.53. The number of carbonyl (C=O) groups is 1. The van der Waals surface area contributed by atoms with E-state index in [9.17, 15) is 4.79 Å². The standard InChI is InChI=1S/C17H21NO2S/c1-11-9-16(13(3)21-11)12(2)18-10-14-5-7-15(8-6-14)17(19)20-4/h5-9,12,18H,10H2,1-4H3. The fourth-order valence-corrected chi connectivity index (χ4v) is 3.36. The summed E-state index contributed by atoms with van der Waals surface area (Å²) in [7, 11) is 1.39. The van der Waals surface area contributed by atoms with E-state index in [0.29, 0.717) is 11.6 Å². The van der Waals surface area contributed by atoms with Crippen molar-refractivity contribution in [3.63, 3.8) is 0 Å². The van der Waals surface area contributed by atoms with Crippen LogP contribution >= 0.6 is 11.3 Å². The van der Waals surface area contributed by atoms with Gasteiger partial charge in [-0.05, 0) is 50.1 Å². The van der Waals surface area contributed by atoms with Crippen LogP contribution in [0.1, 0.15) is 44.2 Å². The van der Waals surface area contributed by atoms with E-state index in [1.165, 1.54) is 22.4 Å². The van der Waals surface area contributed by atoms with Crippen LogP contribution in [0.25, 0.3) is 0 Å². The van der Waals surface area contributed by atoms with Crippen molar-refractivity contribution in [2.24, 2.45) is 0 Å². The number of rotatable bonds is 5. The minimum absolute atomic E-state index is 0.299. The largest absolute Gasteiger partial charge is 0.465 e. The zero-order valence-corrected chi connectivity index (χ0v) is 13.7. The number of thiophene rings is 1. The first kappa shape index (κ1) is 15.7. The number of esters is 1. The van der Waals surface area contributed by atoms with Crippen molar-refractivity contribution in [1.82, 2.24) is 5.32 Å². The summed E-state index contributed by atoms with van der Waals surface area (Å²) in [6.07, 6.45) is 0. The summed E-state index contributed by atoms with van der Waals surface area (Å²) in [5, 5.41) is 3.52. The average Bonchev–Trinajstić information content (AvgIpc) is 2.83. The van der Waals surface area contributed by atoms with Gasteiger partial charge < -0.3 is 10.1 Å². The molecule has 0 aliphatic rings. The summed E-state index contributed by atoms with van der Waals surface area (Å²) in [6.45, 7) is 7.25. The Kier molecular flexibility index (Phi) is 5.15. The van der Waals surface area contributed by atoms with E-state index >= 15 is 0 Å². The molecule has 2 rings (SSSR count). The van der Waals surface area contributed by atoms with E-state index in [4.69, 9.17) is 4.74 Å². The molecule has 1 unspecified atom stereocenters. The lowest BCUT2D eigenvalue weighted by Gasteiger charge is -2.14. The van der Waals surface area contributed by atoms with Crippen molar-refractivity contribution in [2.75, 3.05) is 7.11 Å². The monoisotopic (exact) mass is 303 g/mol. The van der Waals surface area contributed by atoms with Crippen LogP contribution in [-0.2, 0) is 11.3 Å². The van der Waals surface area contributed by atoms with Gasteiger partial charge in [0.05, 0.1) is 12.7 Å². The fourth-order valence-electron chi connectivity index (χ4n) is 2.34. The van der Waals surface area contributed by atoms with Crippen LogP contribution < -0.4 is 5.32 Å². The number of hydrogen-bond donors (Lipinski definition) is 1. The van der Waals surface area contributed by atoms with E-state index in [-0.39, 0.29) is 5.97 Å². The van der Waals surface area contributed by atoms with Gasteiger partial charge in [0.25, 0.3) is 0 Å². The first-order valence-electron chi connectivity index (χ1n) is 6.99. The van der Waals surface area contributed by atoms with Crippen LogP contribution in [0.3, 0.4) is 0 Å². The molecule has 0 fully saturated rings. The number of benzene rings is 1. The molecule has 1 aromatic heterocycles. The molecule has 1 heterocycles. The Morgan fingerprint density at radius 2 is 1.95 bits per heavy atom. The quantitative estimate of drug-likeness (QED) is 0.848. The lowest BCUT2D eigenvalue weighted by molar-refractivity contribution is 0.0600. The maximum Gasteiger partial charge on any atom is 0.337 e. The van der Waals surface area contributed by atoms with Gasteiger partial charge in [-0.25, -0.2) is 4.79 Å². The third-order valence-corrected chi connectivity index (χ3v) is 4.51. The van der Waals surface area contributed by atoms with Gasteiger partial charge in [0.1, 0.15) is 0 Å². The summed E-state index contributed by atoms with van der Waals surface area (Å²) in [5.41, 5.74) is 3.10. The molecule has 112 valence electrons. The smallest absolute Gasteiger partial charge is 0.337 e. The molecule has 0 aliphatic heterocycles. The third kappa shape index (κ3) is 3.93. The molecule has 0 aliphatic carbocycles. The minimum Gasteiger partial charge on any atom is -0.465 e. The zero-order chi connectivity index (χ0) is 15.4. The first-order chi connectivity index (χ1) is 10.0. The van der Waals surface area contributed by atoms with E-state index in [1.54, 1.807) is 12.1 Å². The number of methoxy groups -OCH3 is 1. The van der Waals surface area contributed by atoms with Crippen LogP contribution in [-0.4, -0.2) is 13.1 Å². The highest BCUT2D eigenvalue weighted by atomic mass is 32.1. The summed E-state index contributed by atoms with van der Waals surface area (Å²) in [5.74, 6) is -0.299. The predicted octanol–water partition coefficient (Wildman–Crippen LogP) is 4.00. The maximum absolute atomic E-state index is 11.4. The molecule has 3 nitrogen and oxygen atoms in total. The molecular weight excluding hydrogens is 282 g/mol. The molecular formula is C17H21NO2S. The molecule has 0 radical (unpaired) electrons. The van der Waals surface area contributed by atoms with Crippen LogP contribution in [0.4, 0.5) is 0 Å². The maximum atomic E-state index is 11.4. The Bertz CT molecular complexity index is 616. The Hall–Kier alpha value is -1.65. The van der Waals surface area contributed by atoms with E-state index < -0.39 is 0 Å². The number of hydrogen-bond acceptors (Lipinski definition) is 4. The zero-order valence-electron chi connectivity index (χ0n) is 12.9. The SMILES string of the molecule is COC(=O)c1ccc(CNC(C)c2cc(C)sc2C)cc1. The normalized spacial score (nSPS) is 12.2. The molecule has 1 aromatic carbocycles. The van der Waals surface area contributed by atoms with Gasteiger partial charge in [0, 0.05) is 22.3 Å². The Morgan fingerprint density at radius 1 is 1.29 bits per heavy atom. The number of nitrogens with one attached hydrogen (secondary N) is 1. The van der Waals surface area contributed by atoms with Crippen LogP contribution in [0.5, 0.6) is 0 Å². The van der Waals surface area contributed by atoms with Crippen LogP contribution in [0, 0.1) is 13.8 Å². The van der Waals surface area contributed by atoms with Crippen molar-refractivity contribution in [1.29, 1.82) is 0 Å². The minimum atomic E-state index is -0.299. The van der Waals surface area contributed by atoms with Crippen molar-refractivity contribution in [3.8, 4) is 0 Å². The lowest BCUT2D eigenvalue weighted by Crippen LogP contribution is -2.18. The highest BCUT2D eigenvalue weighted by Gasteiger charge is 2.11. The van der Waals surface area contributed by atoms with Gasteiger partial charge in [-0.3, -0.25) is 0 Å². The topological polar surface area (TPSA) is 38.3 Å². The number of aryl methyl sites for hydroxylation is 2. The molecule has 0 saturated heterocycles. The average molecular weight is 303 g/mol. The highest BCUT2D eigenvalue weighted by molar-refractivity contribution is 7.12. The molecule has 0 bridgehead atoms.